The Balaban J connectivity index is 2.14. The van der Waals surface area contributed by atoms with Crippen LogP contribution in [0.1, 0.15) is 28.4 Å². The molecule has 0 aliphatic rings. The molecule has 2 rings (SSSR count). The second-order valence-electron chi connectivity index (χ2n) is 4.01. The molecule has 0 aliphatic carbocycles. The fourth-order valence-electron chi connectivity index (χ4n) is 1.60. The third-order valence-corrected chi connectivity index (χ3v) is 4.60. The first kappa shape index (κ1) is 14.0. The predicted octanol–water partition coefficient (Wildman–Crippen LogP) is 3.52. The van der Waals surface area contributed by atoms with Gasteiger partial charge in [-0.05, 0) is 36.8 Å². The van der Waals surface area contributed by atoms with Crippen LogP contribution in [0.5, 0.6) is 0 Å². The van der Waals surface area contributed by atoms with Crippen molar-refractivity contribution in [3.8, 4) is 0 Å². The highest BCUT2D eigenvalue weighted by Gasteiger charge is 2.13. The monoisotopic (exact) mass is 293 g/mol. The van der Waals surface area contributed by atoms with Crippen LogP contribution >= 0.6 is 23.1 Å². The lowest BCUT2D eigenvalue weighted by molar-refractivity contribution is 0.102. The Morgan fingerprint density at radius 1 is 1.37 bits per heavy atom. The van der Waals surface area contributed by atoms with Crippen molar-refractivity contribution in [2.75, 3.05) is 11.1 Å². The van der Waals surface area contributed by atoms with Crippen LogP contribution in [0.4, 0.5) is 5.13 Å². The van der Waals surface area contributed by atoms with Gasteiger partial charge >= 0.3 is 0 Å². The quantitative estimate of drug-likeness (QED) is 0.692. The van der Waals surface area contributed by atoms with Crippen molar-refractivity contribution in [3.63, 3.8) is 0 Å². The number of rotatable bonds is 4. The summed E-state index contributed by atoms with van der Waals surface area (Å²) in [6, 6.07) is 5.70. The molecule has 1 amide bonds. The minimum atomic E-state index is -0.134. The van der Waals surface area contributed by atoms with E-state index in [4.69, 9.17) is 0 Å². The van der Waals surface area contributed by atoms with Gasteiger partial charge in [0, 0.05) is 5.56 Å². The number of nitrogens with zero attached hydrogens (tertiary/aromatic N) is 2. The van der Waals surface area contributed by atoms with Crippen molar-refractivity contribution in [3.05, 3.63) is 34.9 Å². The molecular weight excluding hydrogens is 278 g/mol. The van der Waals surface area contributed by atoms with E-state index >= 15 is 0 Å². The minimum absolute atomic E-state index is 0.134. The van der Waals surface area contributed by atoms with Crippen LogP contribution in [0, 0.1) is 13.8 Å². The van der Waals surface area contributed by atoms with Crippen LogP contribution in [0.3, 0.4) is 0 Å². The highest BCUT2D eigenvalue weighted by molar-refractivity contribution is 8.01. The largest absolute Gasteiger partial charge is 0.296 e. The molecule has 6 heteroatoms. The Bertz CT molecular complexity index is 595. The number of carbonyl (C=O) groups is 1. The molecule has 1 aromatic heterocycles. The summed E-state index contributed by atoms with van der Waals surface area (Å²) in [5, 5.41) is 11.3. The number of carbonyl (C=O) groups excluding carboxylic acids is 1. The van der Waals surface area contributed by atoms with Crippen molar-refractivity contribution >= 4 is 34.1 Å². The van der Waals surface area contributed by atoms with Crippen LogP contribution < -0.4 is 5.32 Å². The summed E-state index contributed by atoms with van der Waals surface area (Å²) in [6.07, 6.45) is 0. The van der Waals surface area contributed by atoms with Gasteiger partial charge in [-0.3, -0.25) is 10.1 Å². The number of benzene rings is 1. The molecule has 2 aromatic rings. The average Bonchev–Trinajstić information content (AvgIpc) is 2.80. The van der Waals surface area contributed by atoms with E-state index in [2.05, 4.69) is 22.4 Å². The molecule has 1 aromatic carbocycles. The summed E-state index contributed by atoms with van der Waals surface area (Å²) >= 11 is 3.02. The first-order valence-corrected chi connectivity index (χ1v) is 7.76. The van der Waals surface area contributed by atoms with Crippen LogP contribution in [0.15, 0.2) is 22.5 Å². The molecule has 0 saturated carbocycles. The zero-order valence-electron chi connectivity index (χ0n) is 11.1. The third-order valence-electron chi connectivity index (χ3n) is 2.74. The first-order valence-electron chi connectivity index (χ1n) is 5.95. The van der Waals surface area contributed by atoms with Gasteiger partial charge in [-0.1, -0.05) is 42.2 Å². The maximum Gasteiger partial charge on any atom is 0.257 e. The number of hydrogen-bond acceptors (Lipinski definition) is 5. The second kappa shape index (κ2) is 6.16. The van der Waals surface area contributed by atoms with E-state index in [1.165, 1.54) is 11.3 Å². The van der Waals surface area contributed by atoms with Gasteiger partial charge in [0.25, 0.3) is 5.91 Å². The van der Waals surface area contributed by atoms with Crippen LogP contribution in [0.25, 0.3) is 0 Å². The van der Waals surface area contributed by atoms with Gasteiger partial charge in [0.05, 0.1) is 0 Å². The lowest BCUT2D eigenvalue weighted by atomic mass is 10.0. The Labute approximate surface area is 120 Å². The van der Waals surface area contributed by atoms with Crippen molar-refractivity contribution in [2.24, 2.45) is 0 Å². The molecule has 0 fully saturated rings. The van der Waals surface area contributed by atoms with Gasteiger partial charge in [0.15, 0.2) is 4.34 Å². The fourth-order valence-corrected chi connectivity index (χ4v) is 3.25. The van der Waals surface area contributed by atoms with Crippen molar-refractivity contribution < 1.29 is 4.79 Å². The van der Waals surface area contributed by atoms with Crippen molar-refractivity contribution in [1.82, 2.24) is 10.2 Å². The molecule has 0 saturated heterocycles. The number of nitrogens with one attached hydrogen (secondary N) is 1. The molecule has 0 radical (unpaired) electrons. The summed E-state index contributed by atoms with van der Waals surface area (Å²) in [6.45, 7) is 6.00. The molecule has 0 aliphatic heterocycles. The van der Waals surface area contributed by atoms with Gasteiger partial charge in [0.1, 0.15) is 0 Å². The normalized spacial score (nSPS) is 10.5. The topological polar surface area (TPSA) is 54.9 Å². The molecule has 0 unspecified atom stereocenters. The van der Waals surface area contributed by atoms with Gasteiger partial charge in [-0.15, -0.1) is 10.2 Å². The third kappa shape index (κ3) is 3.33. The molecule has 0 atom stereocenters. The van der Waals surface area contributed by atoms with Gasteiger partial charge in [-0.25, -0.2) is 0 Å². The summed E-state index contributed by atoms with van der Waals surface area (Å²) in [5.41, 5.74) is 2.78. The van der Waals surface area contributed by atoms with E-state index in [-0.39, 0.29) is 5.91 Å². The molecule has 0 bridgehead atoms. The van der Waals surface area contributed by atoms with Crippen molar-refractivity contribution in [1.29, 1.82) is 0 Å². The standard InChI is InChI=1S/C13H15N3OS2/c1-4-18-13-16-15-12(19-13)14-11(17)10-7-5-6-8(2)9(10)3/h5-7H,4H2,1-3H3,(H,14,15,17). The zero-order chi connectivity index (χ0) is 13.8. The summed E-state index contributed by atoms with van der Waals surface area (Å²) < 4.78 is 0.874. The number of anilines is 1. The SMILES string of the molecule is CCSc1nnc(NC(=O)c2cccc(C)c2C)s1. The van der Waals surface area contributed by atoms with Crippen molar-refractivity contribution in [2.45, 2.75) is 25.1 Å². The maximum atomic E-state index is 12.2. The number of hydrogen-bond donors (Lipinski definition) is 1. The zero-order valence-corrected chi connectivity index (χ0v) is 12.7. The molecule has 100 valence electrons. The lowest BCUT2D eigenvalue weighted by Crippen LogP contribution is -2.13. The Morgan fingerprint density at radius 2 is 2.16 bits per heavy atom. The number of aromatic nitrogens is 2. The number of thioether (sulfide) groups is 1. The lowest BCUT2D eigenvalue weighted by Gasteiger charge is -2.07. The molecule has 19 heavy (non-hydrogen) atoms. The van der Waals surface area contributed by atoms with Crippen LogP contribution in [0.2, 0.25) is 0 Å². The van der Waals surface area contributed by atoms with Gasteiger partial charge in [0.2, 0.25) is 5.13 Å². The molecule has 0 spiro atoms. The van der Waals surface area contributed by atoms with E-state index in [9.17, 15) is 4.79 Å². The van der Waals surface area contributed by atoms with E-state index < -0.39 is 0 Å². The van der Waals surface area contributed by atoms with Crippen LogP contribution in [-0.4, -0.2) is 21.9 Å². The summed E-state index contributed by atoms with van der Waals surface area (Å²) in [4.78, 5) is 12.2. The van der Waals surface area contributed by atoms with E-state index in [1.807, 2.05) is 32.0 Å². The smallest absolute Gasteiger partial charge is 0.257 e. The van der Waals surface area contributed by atoms with Gasteiger partial charge < -0.3 is 0 Å². The Hall–Kier alpha value is -1.40. The Morgan fingerprint density at radius 3 is 2.89 bits per heavy atom. The molecular formula is C13H15N3OS2. The second-order valence-corrected chi connectivity index (χ2v) is 6.50. The average molecular weight is 293 g/mol. The molecule has 1 heterocycles. The highest BCUT2D eigenvalue weighted by atomic mass is 32.2. The maximum absolute atomic E-state index is 12.2. The fraction of sp³-hybridized carbons (Fsp3) is 0.308. The van der Waals surface area contributed by atoms with Crippen LogP contribution in [-0.2, 0) is 0 Å². The number of amides is 1. The molecule has 1 N–H and O–H groups in total. The highest BCUT2D eigenvalue weighted by Crippen LogP contribution is 2.25. The van der Waals surface area contributed by atoms with Gasteiger partial charge in [-0.2, -0.15) is 0 Å². The minimum Gasteiger partial charge on any atom is -0.296 e. The van der Waals surface area contributed by atoms with E-state index in [1.54, 1.807) is 11.8 Å². The predicted molar refractivity (Wildman–Crippen MR) is 80.2 cm³/mol. The Kier molecular flexibility index (Phi) is 4.55. The molecule has 4 nitrogen and oxygen atoms in total. The summed E-state index contributed by atoms with van der Waals surface area (Å²) in [7, 11) is 0. The summed E-state index contributed by atoms with van der Waals surface area (Å²) in [5.74, 6) is 0.810. The van der Waals surface area contributed by atoms with E-state index in [0.29, 0.717) is 10.7 Å². The first-order chi connectivity index (χ1) is 9.11. The van der Waals surface area contributed by atoms with E-state index in [0.717, 1.165) is 21.2 Å². The number of aryl methyl sites for hydroxylation is 1.